The highest BCUT2D eigenvalue weighted by molar-refractivity contribution is 7.87. The number of benzene rings is 1. The fourth-order valence-corrected chi connectivity index (χ4v) is 7.39. The van der Waals surface area contributed by atoms with Gasteiger partial charge in [0, 0.05) is 18.3 Å². The van der Waals surface area contributed by atoms with Gasteiger partial charge in [-0.25, -0.2) is 17.6 Å². The van der Waals surface area contributed by atoms with Gasteiger partial charge in [-0.2, -0.15) is 17.2 Å². The molecule has 2 bridgehead atoms. The van der Waals surface area contributed by atoms with E-state index in [2.05, 4.69) is 0 Å². The van der Waals surface area contributed by atoms with E-state index in [0.29, 0.717) is 0 Å². The minimum absolute atomic E-state index is 0.152. The maximum absolute atomic E-state index is 13.6. The van der Waals surface area contributed by atoms with Crippen molar-refractivity contribution in [3.8, 4) is 0 Å². The summed E-state index contributed by atoms with van der Waals surface area (Å²) >= 11 is 0. The van der Waals surface area contributed by atoms with Crippen LogP contribution in [-0.2, 0) is 38.7 Å². The SMILES string of the molecule is O=C(OC1C2CC3C1OS(=O)(=O)C3C2C(=O)OCCC(F)C(F)(F)S(=O)(=O)[O-])c1ccccc1. The molecule has 10 nitrogen and oxygen atoms in total. The smallest absolute Gasteiger partial charge is 0.364 e. The maximum Gasteiger partial charge on any atom is 0.364 e. The molecule has 34 heavy (non-hydrogen) atoms. The summed E-state index contributed by atoms with van der Waals surface area (Å²) in [5.41, 5.74) is 0.185. The molecule has 3 aliphatic rings. The van der Waals surface area contributed by atoms with E-state index in [1.807, 2.05) is 0 Å². The van der Waals surface area contributed by atoms with Crippen molar-refractivity contribution in [2.75, 3.05) is 6.61 Å². The highest BCUT2D eigenvalue weighted by Crippen LogP contribution is 2.58. The van der Waals surface area contributed by atoms with Crippen LogP contribution in [0.3, 0.4) is 0 Å². The Morgan fingerprint density at radius 2 is 1.85 bits per heavy atom. The van der Waals surface area contributed by atoms with E-state index in [1.54, 1.807) is 18.2 Å². The van der Waals surface area contributed by atoms with Gasteiger partial charge in [0.2, 0.25) is 0 Å². The molecule has 1 saturated heterocycles. The third-order valence-electron chi connectivity index (χ3n) is 6.37. The van der Waals surface area contributed by atoms with Gasteiger partial charge >= 0.3 is 17.2 Å². The molecular weight excluding hydrogens is 509 g/mol. The van der Waals surface area contributed by atoms with Crippen LogP contribution in [0.2, 0.25) is 0 Å². The molecule has 7 atom stereocenters. The topological polar surface area (TPSA) is 153 Å². The lowest BCUT2D eigenvalue weighted by Gasteiger charge is -2.30. The molecule has 0 amide bonds. The second kappa shape index (κ2) is 8.46. The van der Waals surface area contributed by atoms with Gasteiger partial charge in [-0.3, -0.25) is 8.98 Å². The van der Waals surface area contributed by atoms with Crippen LogP contribution >= 0.6 is 0 Å². The third-order valence-corrected chi connectivity index (χ3v) is 9.09. The second-order valence-electron chi connectivity index (χ2n) is 8.28. The Labute approximate surface area is 192 Å². The molecule has 1 aromatic rings. The number of halogens is 3. The summed E-state index contributed by atoms with van der Waals surface area (Å²) in [4.78, 5) is 25.1. The minimum atomic E-state index is -6.28. The van der Waals surface area contributed by atoms with E-state index in [9.17, 15) is 44.1 Å². The summed E-state index contributed by atoms with van der Waals surface area (Å²) < 4.78 is 112. The molecule has 15 heteroatoms. The first kappa shape index (κ1) is 24.9. The average molecular weight is 527 g/mol. The first-order chi connectivity index (χ1) is 15.8. The molecular formula is C19H18F3O10S2-. The van der Waals surface area contributed by atoms with Crippen LogP contribution < -0.4 is 0 Å². The van der Waals surface area contributed by atoms with Gasteiger partial charge in [-0.05, 0) is 18.6 Å². The van der Waals surface area contributed by atoms with Gasteiger partial charge in [0.1, 0.15) is 17.5 Å². The molecule has 2 saturated carbocycles. The number of carbonyl (C=O) groups excluding carboxylic acids is 2. The first-order valence-corrected chi connectivity index (χ1v) is 13.0. The van der Waals surface area contributed by atoms with Gasteiger partial charge in [0.15, 0.2) is 16.3 Å². The monoisotopic (exact) mass is 527 g/mol. The molecule has 0 N–H and O–H groups in total. The minimum Gasteiger partial charge on any atom is -0.743 e. The van der Waals surface area contributed by atoms with Gasteiger partial charge in [0.05, 0.1) is 18.1 Å². The van der Waals surface area contributed by atoms with Crippen molar-refractivity contribution >= 4 is 32.2 Å². The Hall–Kier alpha value is -2.23. The first-order valence-electron chi connectivity index (χ1n) is 10.1. The molecule has 0 spiro atoms. The number of carbonyl (C=O) groups is 2. The molecule has 2 aliphatic carbocycles. The van der Waals surface area contributed by atoms with Crippen LogP contribution in [0.25, 0.3) is 0 Å². The van der Waals surface area contributed by atoms with Crippen molar-refractivity contribution in [1.29, 1.82) is 0 Å². The van der Waals surface area contributed by atoms with Gasteiger partial charge in [-0.1, -0.05) is 18.2 Å². The molecule has 0 radical (unpaired) electrons. The molecule has 188 valence electrons. The summed E-state index contributed by atoms with van der Waals surface area (Å²) in [6, 6.07) is 7.79. The maximum atomic E-state index is 13.6. The fourth-order valence-electron chi connectivity index (χ4n) is 4.90. The van der Waals surface area contributed by atoms with Crippen molar-refractivity contribution in [2.24, 2.45) is 17.8 Å². The summed E-state index contributed by atoms with van der Waals surface area (Å²) in [5.74, 6) is -4.81. The van der Waals surface area contributed by atoms with Crippen LogP contribution in [0, 0.1) is 17.8 Å². The largest absolute Gasteiger partial charge is 0.743 e. The number of hydrogen-bond acceptors (Lipinski definition) is 10. The van der Waals surface area contributed by atoms with E-state index in [1.165, 1.54) is 12.1 Å². The number of rotatable bonds is 8. The van der Waals surface area contributed by atoms with Crippen molar-refractivity contribution < 1.29 is 57.8 Å². The Bertz CT molecular complexity index is 1190. The Kier molecular flexibility index (Phi) is 6.19. The lowest BCUT2D eigenvalue weighted by molar-refractivity contribution is -0.153. The van der Waals surface area contributed by atoms with Gasteiger partial charge in [0.25, 0.3) is 10.1 Å². The van der Waals surface area contributed by atoms with Crippen molar-refractivity contribution in [2.45, 2.75) is 41.7 Å². The van der Waals surface area contributed by atoms with E-state index in [4.69, 9.17) is 13.7 Å². The number of alkyl halides is 3. The van der Waals surface area contributed by atoms with Gasteiger partial charge < -0.3 is 14.0 Å². The average Bonchev–Trinajstić information content (AvgIpc) is 3.36. The number of hydrogen-bond donors (Lipinski definition) is 0. The van der Waals surface area contributed by atoms with Crippen LogP contribution in [0.15, 0.2) is 30.3 Å². The Morgan fingerprint density at radius 1 is 1.21 bits per heavy atom. The summed E-state index contributed by atoms with van der Waals surface area (Å²) in [7, 11) is -10.5. The van der Waals surface area contributed by atoms with Crippen LogP contribution in [0.4, 0.5) is 13.2 Å². The lowest BCUT2D eigenvalue weighted by Crippen LogP contribution is -2.46. The summed E-state index contributed by atoms with van der Waals surface area (Å²) in [6.07, 6.45) is -6.70. The number of ether oxygens (including phenoxy) is 2. The predicted molar refractivity (Wildman–Crippen MR) is 103 cm³/mol. The predicted octanol–water partition coefficient (Wildman–Crippen LogP) is 0.984. The highest BCUT2D eigenvalue weighted by Gasteiger charge is 2.72. The van der Waals surface area contributed by atoms with Crippen molar-refractivity contribution in [3.63, 3.8) is 0 Å². The lowest BCUT2D eigenvalue weighted by atomic mass is 9.84. The number of esters is 2. The van der Waals surface area contributed by atoms with Gasteiger partial charge in [-0.15, -0.1) is 0 Å². The van der Waals surface area contributed by atoms with Crippen molar-refractivity contribution in [1.82, 2.24) is 0 Å². The highest BCUT2D eigenvalue weighted by atomic mass is 32.2. The zero-order valence-corrected chi connectivity index (χ0v) is 18.7. The summed E-state index contributed by atoms with van der Waals surface area (Å²) in [5, 5.41) is -6.54. The fraction of sp³-hybridized carbons (Fsp3) is 0.579. The molecule has 0 aromatic heterocycles. The van der Waals surface area contributed by atoms with Crippen LogP contribution in [-0.4, -0.2) is 68.8 Å². The van der Waals surface area contributed by atoms with Crippen LogP contribution in [0.1, 0.15) is 23.2 Å². The van der Waals surface area contributed by atoms with Crippen LogP contribution in [0.5, 0.6) is 0 Å². The molecule has 7 unspecified atom stereocenters. The van der Waals surface area contributed by atoms with Crippen molar-refractivity contribution in [3.05, 3.63) is 35.9 Å². The number of fused-ring (bicyclic) bond motifs is 1. The molecule has 1 aliphatic heterocycles. The molecule has 1 aromatic carbocycles. The Balaban J connectivity index is 1.46. The zero-order valence-electron chi connectivity index (χ0n) is 17.1. The molecule has 3 fully saturated rings. The van der Waals surface area contributed by atoms with E-state index in [0.717, 1.165) is 0 Å². The molecule has 1 heterocycles. The quantitative estimate of drug-likeness (QED) is 0.272. The third kappa shape index (κ3) is 4.07. The van der Waals surface area contributed by atoms with E-state index < -0.39 is 91.8 Å². The summed E-state index contributed by atoms with van der Waals surface area (Å²) in [6.45, 7) is -1.04. The van der Waals surface area contributed by atoms with E-state index >= 15 is 0 Å². The standard InChI is InChI=1S/C19H19F3O10S2/c20-12(19(21,22)34(27,28)29)6-7-30-18(24)13-10-8-11-15(32-33(25,26)16(11)13)14(10)31-17(23)9-4-2-1-3-5-9/h1-5,10-16H,6-8H2,(H,27,28,29)/p-1. The normalized spacial score (nSPS) is 32.4. The Morgan fingerprint density at radius 3 is 2.47 bits per heavy atom. The van der Waals surface area contributed by atoms with E-state index in [-0.39, 0.29) is 12.0 Å². The zero-order chi connectivity index (χ0) is 25.1. The second-order valence-corrected chi connectivity index (χ2v) is 11.5. The molecule has 4 rings (SSSR count).